The Morgan fingerprint density at radius 2 is 1.86 bits per heavy atom. The molecule has 21 heavy (non-hydrogen) atoms. The number of anilines is 1. The van der Waals surface area contributed by atoms with Gasteiger partial charge in [-0.3, -0.25) is 9.59 Å². The Bertz CT molecular complexity index is 519. The van der Waals surface area contributed by atoms with E-state index in [2.05, 4.69) is 5.32 Å². The molecule has 0 radical (unpaired) electrons. The Kier molecular flexibility index (Phi) is 4.63. The van der Waals surface area contributed by atoms with Crippen LogP contribution in [-0.2, 0) is 16.0 Å². The summed E-state index contributed by atoms with van der Waals surface area (Å²) in [7, 11) is 3.47. The van der Waals surface area contributed by atoms with Crippen molar-refractivity contribution in [2.24, 2.45) is 5.73 Å². The quantitative estimate of drug-likeness (QED) is 0.863. The van der Waals surface area contributed by atoms with Gasteiger partial charge in [0.05, 0.1) is 6.42 Å². The first-order valence-corrected chi connectivity index (χ1v) is 7.26. The molecule has 1 fully saturated rings. The van der Waals surface area contributed by atoms with Gasteiger partial charge in [0.25, 0.3) is 0 Å². The van der Waals surface area contributed by atoms with Crippen molar-refractivity contribution >= 4 is 17.5 Å². The van der Waals surface area contributed by atoms with Crippen LogP contribution in [0.5, 0.6) is 0 Å². The summed E-state index contributed by atoms with van der Waals surface area (Å²) < 4.78 is 0. The van der Waals surface area contributed by atoms with Crippen LogP contribution >= 0.6 is 0 Å². The van der Waals surface area contributed by atoms with Gasteiger partial charge in [0.1, 0.15) is 0 Å². The van der Waals surface area contributed by atoms with Crippen molar-refractivity contribution in [3.05, 3.63) is 29.8 Å². The largest absolute Gasteiger partial charge is 0.349 e. The van der Waals surface area contributed by atoms with Gasteiger partial charge >= 0.3 is 0 Å². The van der Waals surface area contributed by atoms with E-state index < -0.39 is 0 Å². The van der Waals surface area contributed by atoms with Gasteiger partial charge in [-0.05, 0) is 37.0 Å². The third-order valence-corrected chi connectivity index (χ3v) is 3.95. The van der Waals surface area contributed by atoms with E-state index in [1.54, 1.807) is 19.0 Å². The number of rotatable bonds is 5. The van der Waals surface area contributed by atoms with Gasteiger partial charge in [-0.15, -0.1) is 0 Å². The second-order valence-corrected chi connectivity index (χ2v) is 6.10. The molecular weight excluding hydrogens is 266 g/mol. The van der Waals surface area contributed by atoms with Gasteiger partial charge in [-0.1, -0.05) is 12.1 Å². The minimum atomic E-state index is -0.303. The number of benzene rings is 1. The average molecular weight is 289 g/mol. The third kappa shape index (κ3) is 4.29. The zero-order valence-electron chi connectivity index (χ0n) is 12.7. The van der Waals surface area contributed by atoms with Gasteiger partial charge in [0.15, 0.2) is 0 Å². The molecule has 5 heteroatoms. The van der Waals surface area contributed by atoms with Crippen LogP contribution in [0.3, 0.4) is 0 Å². The van der Waals surface area contributed by atoms with Crippen LogP contribution in [0, 0.1) is 0 Å². The molecule has 0 unspecified atom stereocenters. The average Bonchev–Trinajstić information content (AvgIpc) is 2.39. The fourth-order valence-corrected chi connectivity index (χ4v) is 2.37. The molecule has 0 saturated heterocycles. The summed E-state index contributed by atoms with van der Waals surface area (Å²) >= 11 is 0. The first-order chi connectivity index (χ1) is 9.88. The number of hydrogen-bond acceptors (Lipinski definition) is 3. The number of nitrogens with zero attached hydrogens (tertiary/aromatic N) is 1. The first kappa shape index (κ1) is 15.5. The van der Waals surface area contributed by atoms with Crippen molar-refractivity contribution in [1.29, 1.82) is 0 Å². The molecule has 2 amide bonds. The van der Waals surface area contributed by atoms with Crippen LogP contribution < -0.4 is 11.1 Å². The van der Waals surface area contributed by atoms with E-state index in [1.807, 2.05) is 24.3 Å². The molecule has 3 N–H and O–H groups in total. The number of likely N-dealkylation sites (N-methyl/N-ethyl adjacent to an activating group) is 1. The summed E-state index contributed by atoms with van der Waals surface area (Å²) in [6.45, 7) is 0. The standard InChI is InChI=1S/C16H23N3O2/c1-19(2)15(21)10-12-4-6-13(7-5-12)18-14(20)11-16(17)8-3-9-16/h4-7H,3,8-11,17H2,1-2H3,(H,18,20). The topological polar surface area (TPSA) is 75.4 Å². The number of amides is 2. The van der Waals surface area contributed by atoms with E-state index in [0.717, 1.165) is 30.5 Å². The van der Waals surface area contributed by atoms with Crippen molar-refractivity contribution in [2.75, 3.05) is 19.4 Å². The molecule has 5 nitrogen and oxygen atoms in total. The summed E-state index contributed by atoms with van der Waals surface area (Å²) in [5, 5.41) is 2.86. The lowest BCUT2D eigenvalue weighted by atomic mass is 9.75. The molecule has 0 aliphatic heterocycles. The zero-order valence-corrected chi connectivity index (χ0v) is 12.7. The molecule has 2 rings (SSSR count). The molecular formula is C16H23N3O2. The Labute approximate surface area is 125 Å². The Morgan fingerprint density at radius 1 is 1.24 bits per heavy atom. The number of hydrogen-bond donors (Lipinski definition) is 2. The molecule has 0 spiro atoms. The van der Waals surface area contributed by atoms with Crippen LogP contribution in [0.2, 0.25) is 0 Å². The Hall–Kier alpha value is -1.88. The second-order valence-electron chi connectivity index (χ2n) is 6.10. The highest BCUT2D eigenvalue weighted by Crippen LogP contribution is 2.32. The number of carbonyl (C=O) groups excluding carboxylic acids is 2. The summed E-state index contributed by atoms with van der Waals surface area (Å²) in [5.74, 6) is 0.0103. The minimum absolute atomic E-state index is 0.0469. The van der Waals surface area contributed by atoms with Crippen LogP contribution in [0.15, 0.2) is 24.3 Å². The molecule has 1 aliphatic carbocycles. The molecule has 114 valence electrons. The molecule has 0 heterocycles. The van der Waals surface area contributed by atoms with Crippen molar-refractivity contribution in [3.8, 4) is 0 Å². The van der Waals surface area contributed by atoms with Gasteiger partial charge < -0.3 is 16.0 Å². The maximum Gasteiger partial charge on any atom is 0.226 e. The highest BCUT2D eigenvalue weighted by molar-refractivity contribution is 5.91. The van der Waals surface area contributed by atoms with Crippen LogP contribution in [0.25, 0.3) is 0 Å². The van der Waals surface area contributed by atoms with E-state index in [-0.39, 0.29) is 17.4 Å². The zero-order chi connectivity index (χ0) is 15.5. The van der Waals surface area contributed by atoms with Crippen molar-refractivity contribution in [1.82, 2.24) is 4.90 Å². The molecule has 1 aromatic carbocycles. The first-order valence-electron chi connectivity index (χ1n) is 7.26. The molecule has 1 aromatic rings. The van der Waals surface area contributed by atoms with Crippen molar-refractivity contribution in [2.45, 2.75) is 37.6 Å². The summed E-state index contributed by atoms with van der Waals surface area (Å²) in [6.07, 6.45) is 3.69. The van der Waals surface area contributed by atoms with E-state index >= 15 is 0 Å². The SMILES string of the molecule is CN(C)C(=O)Cc1ccc(NC(=O)CC2(N)CCC2)cc1. The van der Waals surface area contributed by atoms with E-state index in [0.29, 0.717) is 12.8 Å². The Morgan fingerprint density at radius 3 is 2.33 bits per heavy atom. The van der Waals surface area contributed by atoms with Gasteiger partial charge in [0, 0.05) is 31.7 Å². The number of carbonyl (C=O) groups is 2. The number of nitrogens with two attached hydrogens (primary N) is 1. The maximum absolute atomic E-state index is 11.9. The lowest BCUT2D eigenvalue weighted by Crippen LogP contribution is -2.48. The summed E-state index contributed by atoms with van der Waals surface area (Å²) in [5.41, 5.74) is 7.43. The predicted octanol–water partition coefficient (Wildman–Crippen LogP) is 1.53. The monoisotopic (exact) mass is 289 g/mol. The van der Waals surface area contributed by atoms with E-state index in [9.17, 15) is 9.59 Å². The highest BCUT2D eigenvalue weighted by atomic mass is 16.2. The van der Waals surface area contributed by atoms with E-state index in [4.69, 9.17) is 5.73 Å². The minimum Gasteiger partial charge on any atom is -0.349 e. The molecule has 1 aliphatic rings. The second kappa shape index (κ2) is 6.26. The molecule has 0 aromatic heterocycles. The van der Waals surface area contributed by atoms with Crippen LogP contribution in [0.1, 0.15) is 31.2 Å². The molecule has 0 bridgehead atoms. The smallest absolute Gasteiger partial charge is 0.226 e. The fourth-order valence-electron chi connectivity index (χ4n) is 2.37. The van der Waals surface area contributed by atoms with Gasteiger partial charge in [-0.2, -0.15) is 0 Å². The highest BCUT2D eigenvalue weighted by Gasteiger charge is 2.34. The summed E-state index contributed by atoms with van der Waals surface area (Å²) in [6, 6.07) is 7.36. The fraction of sp³-hybridized carbons (Fsp3) is 0.500. The Balaban J connectivity index is 1.87. The predicted molar refractivity (Wildman–Crippen MR) is 82.9 cm³/mol. The van der Waals surface area contributed by atoms with E-state index in [1.165, 1.54) is 0 Å². The lowest BCUT2D eigenvalue weighted by Gasteiger charge is -2.37. The normalized spacial score (nSPS) is 16.0. The van der Waals surface area contributed by atoms with Crippen LogP contribution in [0.4, 0.5) is 5.69 Å². The van der Waals surface area contributed by atoms with Crippen molar-refractivity contribution in [3.63, 3.8) is 0 Å². The lowest BCUT2D eigenvalue weighted by molar-refractivity contribution is -0.128. The van der Waals surface area contributed by atoms with Gasteiger partial charge in [-0.25, -0.2) is 0 Å². The summed E-state index contributed by atoms with van der Waals surface area (Å²) in [4.78, 5) is 25.1. The number of nitrogens with one attached hydrogen (secondary N) is 1. The maximum atomic E-state index is 11.9. The molecule has 0 atom stereocenters. The van der Waals surface area contributed by atoms with Crippen LogP contribution in [-0.4, -0.2) is 36.3 Å². The molecule has 1 saturated carbocycles. The van der Waals surface area contributed by atoms with Crippen molar-refractivity contribution < 1.29 is 9.59 Å². The van der Waals surface area contributed by atoms with Gasteiger partial charge in [0.2, 0.25) is 11.8 Å². The third-order valence-electron chi connectivity index (χ3n) is 3.95.